The number of aromatic nitrogens is 1. The number of nitrogens with one attached hydrogen (secondary N) is 1. The molecule has 1 aromatic heterocycles. The third kappa shape index (κ3) is 3.01. The van der Waals surface area contributed by atoms with Crippen molar-refractivity contribution in [3.05, 3.63) is 53.6 Å². The Bertz CT molecular complexity index is 794. The highest BCUT2D eigenvalue weighted by Gasteiger charge is 2.34. The van der Waals surface area contributed by atoms with E-state index in [0.717, 1.165) is 5.56 Å². The van der Waals surface area contributed by atoms with Gasteiger partial charge in [-0.2, -0.15) is 0 Å². The van der Waals surface area contributed by atoms with Gasteiger partial charge in [0.1, 0.15) is 17.7 Å². The number of esters is 1. The van der Waals surface area contributed by atoms with Crippen LogP contribution in [0, 0.1) is 0 Å². The molecular weight excluding hydrogens is 312 g/mol. The van der Waals surface area contributed by atoms with Crippen molar-refractivity contribution in [1.82, 2.24) is 10.3 Å². The molecule has 1 amide bonds. The number of aliphatic hydroxyl groups excluding tert-OH is 1. The van der Waals surface area contributed by atoms with Gasteiger partial charge in [-0.25, -0.2) is 9.78 Å². The highest BCUT2D eigenvalue weighted by molar-refractivity contribution is 6.17. The van der Waals surface area contributed by atoms with Crippen LogP contribution >= 0.6 is 0 Å². The average Bonchev–Trinajstić information content (AvgIpc) is 3.05. The predicted octanol–water partition coefficient (Wildman–Crippen LogP) is 2.28. The lowest BCUT2D eigenvalue weighted by molar-refractivity contribution is -0.141. The predicted molar refractivity (Wildman–Crippen MR) is 83.7 cm³/mol. The first-order valence-corrected chi connectivity index (χ1v) is 7.51. The Morgan fingerprint density at radius 1 is 1.42 bits per heavy atom. The maximum atomic E-state index is 12.1. The molecule has 7 heteroatoms. The summed E-state index contributed by atoms with van der Waals surface area (Å²) in [5.41, 5.74) is 0.911. The number of carbonyl (C=O) groups excluding carboxylic acids is 2. The Morgan fingerprint density at radius 2 is 2.17 bits per heavy atom. The first-order valence-electron chi connectivity index (χ1n) is 7.51. The number of nitrogens with zero attached hydrogens (tertiary/aromatic N) is 1. The van der Waals surface area contributed by atoms with Crippen molar-refractivity contribution in [1.29, 1.82) is 0 Å². The molecule has 1 unspecified atom stereocenters. The summed E-state index contributed by atoms with van der Waals surface area (Å²) in [6.07, 6.45) is 1.47. The first kappa shape index (κ1) is 15.8. The van der Waals surface area contributed by atoms with E-state index in [9.17, 15) is 14.7 Å². The second-order valence-electron chi connectivity index (χ2n) is 5.22. The summed E-state index contributed by atoms with van der Waals surface area (Å²) in [5.74, 6) is -1.42. The zero-order valence-electron chi connectivity index (χ0n) is 13.0. The Hall–Kier alpha value is -3.09. The largest absolute Gasteiger partial charge is 0.511 e. The molecule has 0 radical (unpaired) electrons. The topological polar surface area (TPSA) is 102 Å². The Morgan fingerprint density at radius 3 is 2.83 bits per heavy atom. The summed E-state index contributed by atoms with van der Waals surface area (Å²) in [6.45, 7) is 1.75. The molecule has 0 fully saturated rings. The van der Waals surface area contributed by atoms with Crippen LogP contribution in [0.1, 0.15) is 25.1 Å². The fourth-order valence-electron chi connectivity index (χ4n) is 2.46. The third-order valence-corrected chi connectivity index (χ3v) is 3.60. The lowest BCUT2D eigenvalue weighted by Crippen LogP contribution is -2.38. The molecule has 0 saturated heterocycles. The van der Waals surface area contributed by atoms with Gasteiger partial charge in [0.2, 0.25) is 5.89 Å². The monoisotopic (exact) mass is 328 g/mol. The maximum absolute atomic E-state index is 12.1. The number of carbonyl (C=O) groups is 2. The van der Waals surface area contributed by atoms with Gasteiger partial charge in [-0.3, -0.25) is 4.79 Å². The Balaban J connectivity index is 1.82. The van der Waals surface area contributed by atoms with Crippen molar-refractivity contribution in [2.75, 3.05) is 6.61 Å². The molecule has 2 aromatic rings. The van der Waals surface area contributed by atoms with Crippen LogP contribution in [0.5, 0.6) is 0 Å². The second kappa shape index (κ2) is 6.57. The highest BCUT2D eigenvalue weighted by atomic mass is 16.5. The molecule has 0 aliphatic carbocycles. The number of aliphatic hydroxyl groups is 1. The number of hydrogen-bond acceptors (Lipinski definition) is 6. The van der Waals surface area contributed by atoms with Gasteiger partial charge < -0.3 is 19.6 Å². The molecule has 0 bridgehead atoms. The summed E-state index contributed by atoms with van der Waals surface area (Å²) in [7, 11) is 0. The SMILES string of the molecule is CCOC(=O)C1=C(O)CC(c2coc(-c3ccccc3)n2)NC1=O. The zero-order valence-corrected chi connectivity index (χ0v) is 13.0. The lowest BCUT2D eigenvalue weighted by Gasteiger charge is -2.22. The highest BCUT2D eigenvalue weighted by Crippen LogP contribution is 2.28. The van der Waals surface area contributed by atoms with E-state index in [-0.39, 0.29) is 24.4 Å². The van der Waals surface area contributed by atoms with Gasteiger partial charge in [-0.15, -0.1) is 0 Å². The smallest absolute Gasteiger partial charge is 0.347 e. The minimum atomic E-state index is -0.837. The van der Waals surface area contributed by atoms with E-state index < -0.39 is 17.9 Å². The molecule has 0 saturated carbocycles. The van der Waals surface area contributed by atoms with Gasteiger partial charge in [0.15, 0.2) is 5.57 Å². The van der Waals surface area contributed by atoms with Crippen molar-refractivity contribution < 1.29 is 23.8 Å². The summed E-state index contributed by atoms with van der Waals surface area (Å²) in [5, 5.41) is 12.7. The average molecular weight is 328 g/mol. The summed E-state index contributed by atoms with van der Waals surface area (Å²) < 4.78 is 10.2. The summed E-state index contributed by atoms with van der Waals surface area (Å²) >= 11 is 0. The second-order valence-corrected chi connectivity index (χ2v) is 5.22. The minimum absolute atomic E-state index is 0.0423. The van der Waals surface area contributed by atoms with Gasteiger partial charge in [0, 0.05) is 12.0 Å². The number of benzene rings is 1. The van der Waals surface area contributed by atoms with E-state index >= 15 is 0 Å². The maximum Gasteiger partial charge on any atom is 0.347 e. The van der Waals surface area contributed by atoms with Crippen molar-refractivity contribution in [2.45, 2.75) is 19.4 Å². The molecule has 24 heavy (non-hydrogen) atoms. The van der Waals surface area contributed by atoms with E-state index in [1.807, 2.05) is 30.3 Å². The van der Waals surface area contributed by atoms with Crippen molar-refractivity contribution >= 4 is 11.9 Å². The standard InChI is InChI=1S/C17H16N2O5/c1-2-23-17(22)14-13(20)8-11(18-15(14)21)12-9-24-16(19-12)10-6-4-3-5-7-10/h3-7,9,11,20H,2,8H2,1H3,(H,18,21). The van der Waals surface area contributed by atoms with Gasteiger partial charge in [0.25, 0.3) is 5.91 Å². The fraction of sp³-hybridized carbons (Fsp3) is 0.235. The molecule has 0 spiro atoms. The molecule has 7 nitrogen and oxygen atoms in total. The number of hydrogen-bond donors (Lipinski definition) is 2. The van der Waals surface area contributed by atoms with Crippen LogP contribution in [0.15, 0.2) is 52.3 Å². The van der Waals surface area contributed by atoms with Crippen LogP contribution in [0.3, 0.4) is 0 Å². The van der Waals surface area contributed by atoms with Crippen molar-refractivity contribution in [2.24, 2.45) is 0 Å². The van der Waals surface area contributed by atoms with Crippen LogP contribution in [-0.4, -0.2) is 28.6 Å². The zero-order chi connectivity index (χ0) is 17.1. The summed E-state index contributed by atoms with van der Waals surface area (Å²) in [4.78, 5) is 28.2. The van der Waals surface area contributed by atoms with E-state index in [0.29, 0.717) is 11.6 Å². The molecule has 1 atom stereocenters. The van der Waals surface area contributed by atoms with Crippen molar-refractivity contribution in [3.63, 3.8) is 0 Å². The van der Waals surface area contributed by atoms with Crippen LogP contribution in [-0.2, 0) is 14.3 Å². The minimum Gasteiger partial charge on any atom is -0.511 e. The molecule has 1 aliphatic heterocycles. The molecule has 1 aliphatic rings. The normalized spacial score (nSPS) is 17.5. The summed E-state index contributed by atoms with van der Waals surface area (Å²) in [6, 6.07) is 8.74. The number of ether oxygens (including phenoxy) is 1. The molecule has 124 valence electrons. The van der Waals surface area contributed by atoms with Gasteiger partial charge >= 0.3 is 5.97 Å². The Labute approximate surface area is 138 Å². The molecule has 1 aromatic carbocycles. The van der Waals surface area contributed by atoms with Gasteiger partial charge in [-0.05, 0) is 19.1 Å². The van der Waals surface area contributed by atoms with Crippen molar-refractivity contribution in [3.8, 4) is 11.5 Å². The number of amides is 1. The van der Waals surface area contributed by atoms with Gasteiger partial charge in [-0.1, -0.05) is 18.2 Å². The van der Waals surface area contributed by atoms with E-state index in [1.165, 1.54) is 6.26 Å². The molecule has 3 rings (SSSR count). The molecule has 2 N–H and O–H groups in total. The number of rotatable bonds is 4. The van der Waals surface area contributed by atoms with Gasteiger partial charge in [0.05, 0.1) is 12.6 Å². The van der Waals surface area contributed by atoms with Crippen LogP contribution in [0.2, 0.25) is 0 Å². The lowest BCUT2D eigenvalue weighted by atomic mass is 10.0. The van der Waals surface area contributed by atoms with Crippen LogP contribution in [0.25, 0.3) is 11.5 Å². The quantitative estimate of drug-likeness (QED) is 0.659. The molecular formula is C17H16N2O5. The van der Waals surface area contributed by atoms with Crippen LogP contribution < -0.4 is 5.32 Å². The first-order chi connectivity index (χ1) is 11.6. The Kier molecular flexibility index (Phi) is 4.33. The number of oxazole rings is 1. The fourth-order valence-corrected chi connectivity index (χ4v) is 2.46. The van der Waals surface area contributed by atoms with E-state index in [4.69, 9.17) is 9.15 Å². The third-order valence-electron chi connectivity index (χ3n) is 3.60. The van der Waals surface area contributed by atoms with E-state index in [2.05, 4.69) is 10.3 Å². The van der Waals surface area contributed by atoms with E-state index in [1.54, 1.807) is 6.92 Å². The molecule has 2 heterocycles. The van der Waals surface area contributed by atoms with Crippen LogP contribution in [0.4, 0.5) is 0 Å².